The lowest BCUT2D eigenvalue weighted by Crippen LogP contribution is -2.59. The number of aliphatic carboxylic acids is 1. The number of phenols is 1. The fourth-order valence-corrected chi connectivity index (χ4v) is 5.90. The molecule has 1 saturated heterocycles. The Hall–Kier alpha value is -2.94. The van der Waals surface area contributed by atoms with Gasteiger partial charge in [-0.3, -0.25) is 0 Å². The van der Waals surface area contributed by atoms with Crippen molar-refractivity contribution >= 4 is 17.3 Å². The monoisotopic (exact) mass is 478 g/mol. The summed E-state index contributed by atoms with van der Waals surface area (Å²) < 4.78 is 37.0. The number of benzene rings is 2. The molecule has 34 heavy (non-hydrogen) atoms. The predicted molar refractivity (Wildman–Crippen MR) is 122 cm³/mol. The number of halogens is 3. The fraction of sp³-hybridized carbons (Fsp3) is 0.480. The van der Waals surface area contributed by atoms with E-state index in [1.54, 1.807) is 7.11 Å². The molecule has 1 saturated carbocycles. The first-order valence-corrected chi connectivity index (χ1v) is 11.4. The second-order valence-electron chi connectivity index (χ2n) is 9.21. The van der Waals surface area contributed by atoms with Gasteiger partial charge in [-0.2, -0.15) is 13.2 Å². The topological polar surface area (TPSA) is 90.8 Å². The molecule has 2 fully saturated rings. The highest BCUT2D eigenvalue weighted by Gasteiger charge is 2.51. The minimum absolute atomic E-state index is 0.276. The number of rotatable bonds is 3. The van der Waals surface area contributed by atoms with Crippen molar-refractivity contribution in [3.05, 3.63) is 47.5 Å². The standard InChI is InChI=1S/C23H28N2O2.C2HF3O2/c1-27-17-7-5-16(6-8-17)25-21-13-15-12-20-18-4-2-3-9-23(18,10-11-24-20)19(15)14-22(21)26;3-2(4,5)1(6)7/h5-8,13-14,18,20,24-26H,2-4,9-12H2,1H3;(H,6,7)/t18-,20+,23+;/m1./s1. The third-order valence-corrected chi connectivity index (χ3v) is 7.37. The highest BCUT2D eigenvalue weighted by Crippen LogP contribution is 2.55. The summed E-state index contributed by atoms with van der Waals surface area (Å²) in [5.41, 5.74) is 4.84. The van der Waals surface area contributed by atoms with E-state index in [0.717, 1.165) is 36.0 Å². The van der Waals surface area contributed by atoms with Crippen LogP contribution in [0, 0.1) is 5.92 Å². The molecule has 2 aliphatic carbocycles. The number of anilines is 2. The van der Waals surface area contributed by atoms with Gasteiger partial charge in [-0.15, -0.1) is 0 Å². The summed E-state index contributed by atoms with van der Waals surface area (Å²) in [5, 5.41) is 25.1. The predicted octanol–water partition coefficient (Wildman–Crippen LogP) is 5.12. The zero-order valence-electron chi connectivity index (χ0n) is 18.9. The molecule has 2 bridgehead atoms. The number of piperidine rings is 1. The highest BCUT2D eigenvalue weighted by atomic mass is 19.4. The molecule has 6 nitrogen and oxygen atoms in total. The van der Waals surface area contributed by atoms with Crippen LogP contribution in [0.3, 0.4) is 0 Å². The quantitative estimate of drug-likeness (QED) is 0.458. The summed E-state index contributed by atoms with van der Waals surface area (Å²) in [4.78, 5) is 8.90. The third-order valence-electron chi connectivity index (χ3n) is 7.37. The summed E-state index contributed by atoms with van der Waals surface area (Å²) >= 11 is 0. The van der Waals surface area contributed by atoms with Crippen molar-refractivity contribution in [2.24, 2.45) is 5.92 Å². The Balaban J connectivity index is 0.000000344. The number of aromatic hydroxyl groups is 1. The van der Waals surface area contributed by atoms with Gasteiger partial charge in [0.25, 0.3) is 0 Å². The molecule has 2 aromatic rings. The van der Waals surface area contributed by atoms with E-state index in [4.69, 9.17) is 14.6 Å². The number of hydrogen-bond donors (Lipinski definition) is 4. The molecule has 0 unspecified atom stereocenters. The molecule has 3 atom stereocenters. The highest BCUT2D eigenvalue weighted by molar-refractivity contribution is 5.73. The van der Waals surface area contributed by atoms with Gasteiger partial charge in [-0.25, -0.2) is 4.79 Å². The van der Waals surface area contributed by atoms with Gasteiger partial charge in [-0.1, -0.05) is 12.8 Å². The van der Waals surface area contributed by atoms with Gasteiger partial charge < -0.3 is 25.6 Å². The Morgan fingerprint density at radius 2 is 1.88 bits per heavy atom. The van der Waals surface area contributed by atoms with Crippen LogP contribution in [0.4, 0.5) is 24.5 Å². The molecule has 4 N–H and O–H groups in total. The maximum absolute atomic E-state index is 10.8. The Morgan fingerprint density at radius 3 is 2.53 bits per heavy atom. The molecule has 0 aromatic heterocycles. The van der Waals surface area contributed by atoms with Gasteiger partial charge in [-0.05, 0) is 85.7 Å². The van der Waals surface area contributed by atoms with Crippen LogP contribution in [0.25, 0.3) is 0 Å². The number of carbonyl (C=O) groups is 1. The first kappa shape index (κ1) is 24.2. The first-order valence-electron chi connectivity index (χ1n) is 11.4. The summed E-state index contributed by atoms with van der Waals surface area (Å²) in [6.07, 6.45) is 2.45. The molecule has 1 aliphatic heterocycles. The van der Waals surface area contributed by atoms with E-state index in [1.165, 1.54) is 43.2 Å². The smallest absolute Gasteiger partial charge is 0.490 e. The maximum Gasteiger partial charge on any atom is 0.490 e. The minimum atomic E-state index is -5.08. The normalized spacial score (nSPS) is 25.2. The largest absolute Gasteiger partial charge is 0.506 e. The summed E-state index contributed by atoms with van der Waals surface area (Å²) in [7, 11) is 1.67. The molecule has 0 amide bonds. The van der Waals surface area contributed by atoms with Crippen LogP contribution in [-0.4, -0.2) is 42.1 Å². The molecule has 0 radical (unpaired) electrons. The van der Waals surface area contributed by atoms with Gasteiger partial charge in [0.15, 0.2) is 0 Å². The number of ether oxygens (including phenoxy) is 1. The van der Waals surface area contributed by atoms with E-state index in [1.807, 2.05) is 24.3 Å². The molecule has 3 aliphatic rings. The zero-order chi connectivity index (χ0) is 24.5. The van der Waals surface area contributed by atoms with Crippen LogP contribution >= 0.6 is 0 Å². The Labute approximate surface area is 196 Å². The van der Waals surface area contributed by atoms with Crippen molar-refractivity contribution in [3.8, 4) is 11.5 Å². The Kier molecular flexibility index (Phi) is 6.66. The molecular weight excluding hydrogens is 449 g/mol. The Bertz CT molecular complexity index is 1040. The first-order chi connectivity index (χ1) is 16.1. The van der Waals surface area contributed by atoms with Crippen LogP contribution in [0.2, 0.25) is 0 Å². The van der Waals surface area contributed by atoms with E-state index in [9.17, 15) is 18.3 Å². The summed E-state index contributed by atoms with van der Waals surface area (Å²) in [6, 6.07) is 12.6. The van der Waals surface area contributed by atoms with Gasteiger partial charge in [0.05, 0.1) is 12.8 Å². The lowest BCUT2D eigenvalue weighted by atomic mass is 9.53. The van der Waals surface area contributed by atoms with E-state index in [-0.39, 0.29) is 5.41 Å². The summed E-state index contributed by atoms with van der Waals surface area (Å²) in [5.74, 6) is -0.836. The molecular formula is C25H29F3N2O4. The number of carboxylic acid groups (broad SMARTS) is 1. The van der Waals surface area contributed by atoms with Crippen LogP contribution < -0.4 is 15.4 Å². The number of methoxy groups -OCH3 is 1. The van der Waals surface area contributed by atoms with Gasteiger partial charge in [0, 0.05) is 17.1 Å². The van der Waals surface area contributed by atoms with Gasteiger partial charge in [0.1, 0.15) is 11.5 Å². The van der Waals surface area contributed by atoms with E-state index < -0.39 is 12.1 Å². The number of fused-ring (bicyclic) bond motifs is 1. The van der Waals surface area contributed by atoms with E-state index in [2.05, 4.69) is 22.8 Å². The lowest BCUT2D eigenvalue weighted by molar-refractivity contribution is -0.192. The van der Waals surface area contributed by atoms with Crippen molar-refractivity contribution < 1.29 is 32.9 Å². The van der Waals surface area contributed by atoms with Crippen molar-refractivity contribution in [1.29, 1.82) is 0 Å². The summed E-state index contributed by atoms with van der Waals surface area (Å²) in [6.45, 7) is 1.10. The zero-order valence-corrected chi connectivity index (χ0v) is 18.9. The van der Waals surface area contributed by atoms with Crippen LogP contribution in [0.15, 0.2) is 36.4 Å². The third kappa shape index (κ3) is 4.66. The van der Waals surface area contributed by atoms with E-state index in [0.29, 0.717) is 11.8 Å². The SMILES string of the molecule is COc1ccc(Nc2cc3c(cc2O)[C@]24CCCC[C@@H]2[C@H](C3)NCC4)cc1.O=C(O)C(F)(F)F. The Morgan fingerprint density at radius 1 is 1.18 bits per heavy atom. The number of nitrogens with one attached hydrogen (secondary N) is 2. The second kappa shape index (κ2) is 9.37. The van der Waals surface area contributed by atoms with Crippen molar-refractivity contribution in [2.45, 2.75) is 56.2 Å². The van der Waals surface area contributed by atoms with Crippen molar-refractivity contribution in [3.63, 3.8) is 0 Å². The maximum atomic E-state index is 10.8. The average Bonchev–Trinajstić information content (AvgIpc) is 2.80. The molecule has 1 heterocycles. The van der Waals surface area contributed by atoms with Crippen LogP contribution in [-0.2, 0) is 16.6 Å². The fourth-order valence-electron chi connectivity index (χ4n) is 5.90. The number of carboxylic acids is 1. The molecule has 9 heteroatoms. The second-order valence-corrected chi connectivity index (χ2v) is 9.21. The average molecular weight is 479 g/mol. The van der Waals surface area contributed by atoms with Gasteiger partial charge in [0.2, 0.25) is 0 Å². The minimum Gasteiger partial charge on any atom is -0.506 e. The molecule has 184 valence electrons. The van der Waals surface area contributed by atoms with Crippen molar-refractivity contribution in [2.75, 3.05) is 19.0 Å². The van der Waals surface area contributed by atoms with E-state index >= 15 is 0 Å². The van der Waals surface area contributed by atoms with Gasteiger partial charge >= 0.3 is 12.1 Å². The molecule has 5 rings (SSSR count). The van der Waals surface area contributed by atoms with Crippen LogP contribution in [0.1, 0.15) is 43.2 Å². The lowest BCUT2D eigenvalue weighted by Gasteiger charge is -2.56. The number of hydrogen-bond acceptors (Lipinski definition) is 5. The number of alkyl halides is 3. The van der Waals surface area contributed by atoms with Crippen LogP contribution in [0.5, 0.6) is 11.5 Å². The number of phenolic OH excluding ortho intramolecular Hbond substituents is 1. The van der Waals surface area contributed by atoms with Crippen molar-refractivity contribution in [1.82, 2.24) is 5.32 Å². The molecule has 0 spiro atoms. The molecule has 2 aromatic carbocycles.